The van der Waals surface area contributed by atoms with Gasteiger partial charge in [0.25, 0.3) is 0 Å². The summed E-state index contributed by atoms with van der Waals surface area (Å²) < 4.78 is 5.28. The first-order chi connectivity index (χ1) is 5.84. The van der Waals surface area contributed by atoms with Crippen molar-refractivity contribution in [1.82, 2.24) is 0 Å². The second-order valence-electron chi connectivity index (χ2n) is 4.92. The molecule has 0 aliphatic rings. The average molecular weight is 198 g/mol. The highest BCUT2D eigenvalue weighted by Gasteiger charge is 2.18. The molecule has 0 aliphatic carbocycles. The molecule has 0 fully saturated rings. The van der Waals surface area contributed by atoms with Crippen LogP contribution in [-0.2, 0) is 4.43 Å². The first-order valence-corrected chi connectivity index (χ1v) is 7.75. The van der Waals surface area contributed by atoms with Crippen LogP contribution in [0.15, 0.2) is 0 Å². The van der Waals surface area contributed by atoms with E-state index in [0.717, 1.165) is 6.42 Å². The van der Waals surface area contributed by atoms with Crippen molar-refractivity contribution in [1.29, 1.82) is 0 Å². The van der Waals surface area contributed by atoms with Crippen LogP contribution in [0.25, 0.3) is 0 Å². The summed E-state index contributed by atoms with van der Waals surface area (Å²) in [6.07, 6.45) is 3.73. The molecule has 2 heteroatoms. The van der Waals surface area contributed by atoms with Gasteiger partial charge in [-0.05, 0) is 24.4 Å². The van der Waals surface area contributed by atoms with Crippen molar-refractivity contribution in [2.24, 2.45) is 11.3 Å². The molecule has 0 amide bonds. The molecule has 0 saturated heterocycles. The van der Waals surface area contributed by atoms with E-state index in [-0.39, 0.29) is 0 Å². The van der Waals surface area contributed by atoms with Crippen LogP contribution in [0, 0.1) is 23.4 Å². The van der Waals surface area contributed by atoms with Crippen molar-refractivity contribution < 1.29 is 4.43 Å². The molecule has 0 bridgehead atoms. The highest BCUT2D eigenvalue weighted by atomic mass is 28.3. The van der Waals surface area contributed by atoms with Crippen LogP contribution in [0.4, 0.5) is 0 Å². The van der Waals surface area contributed by atoms with Crippen molar-refractivity contribution in [2.75, 3.05) is 0 Å². The Balaban J connectivity index is 3.80. The first-order valence-electron chi connectivity index (χ1n) is 4.97. The normalized spacial score (nSPS) is 13.5. The van der Waals surface area contributed by atoms with E-state index >= 15 is 0 Å². The van der Waals surface area contributed by atoms with Gasteiger partial charge < -0.3 is 4.43 Å². The topological polar surface area (TPSA) is 9.23 Å². The van der Waals surface area contributed by atoms with Crippen LogP contribution in [0.1, 0.15) is 34.1 Å². The summed E-state index contributed by atoms with van der Waals surface area (Å²) in [6.45, 7) is 13.2. The second-order valence-corrected chi connectivity index (χ2v) is 7.25. The standard InChI is InChI=1S/C11H22OSi/c1-10(11(2,3)4)8-7-9-12-13(5)6/h10,13H,8H2,1-6H3. The fourth-order valence-corrected chi connectivity index (χ4v) is 0.979. The number of hydrogen-bond donors (Lipinski definition) is 0. The molecule has 0 aromatic carbocycles. The lowest BCUT2D eigenvalue weighted by molar-refractivity contribution is 0.266. The van der Waals surface area contributed by atoms with Crippen LogP contribution < -0.4 is 0 Å². The molecule has 0 N–H and O–H groups in total. The molecular weight excluding hydrogens is 176 g/mol. The Kier molecular flexibility index (Phi) is 5.16. The number of hydrogen-bond acceptors (Lipinski definition) is 1. The molecule has 0 spiro atoms. The molecule has 1 nitrogen and oxygen atoms in total. The minimum Gasteiger partial charge on any atom is -0.505 e. The summed E-state index contributed by atoms with van der Waals surface area (Å²) in [4.78, 5) is 0. The summed E-state index contributed by atoms with van der Waals surface area (Å²) in [7, 11) is -0.949. The molecule has 0 aromatic rings. The third kappa shape index (κ3) is 6.71. The van der Waals surface area contributed by atoms with Crippen molar-refractivity contribution >= 4 is 9.04 Å². The van der Waals surface area contributed by atoms with Crippen molar-refractivity contribution in [3.63, 3.8) is 0 Å². The molecule has 76 valence electrons. The average Bonchev–Trinajstić information content (AvgIpc) is 1.95. The lowest BCUT2D eigenvalue weighted by atomic mass is 9.80. The lowest BCUT2D eigenvalue weighted by Gasteiger charge is -2.25. The van der Waals surface area contributed by atoms with Gasteiger partial charge in [0.1, 0.15) is 0 Å². The minimum atomic E-state index is -0.949. The largest absolute Gasteiger partial charge is 0.505 e. The Morgan fingerprint density at radius 1 is 1.31 bits per heavy atom. The number of rotatable bonds is 2. The molecule has 0 aliphatic heterocycles. The van der Waals surface area contributed by atoms with Gasteiger partial charge in [0.2, 0.25) is 9.04 Å². The summed E-state index contributed by atoms with van der Waals surface area (Å²) in [5, 5.41) is 0. The second kappa shape index (κ2) is 5.34. The summed E-state index contributed by atoms with van der Waals surface area (Å²) in [5.41, 5.74) is 0.351. The van der Waals surface area contributed by atoms with Gasteiger partial charge >= 0.3 is 0 Å². The Labute approximate surface area is 84.6 Å². The molecular formula is C11H22OSi. The molecule has 13 heavy (non-hydrogen) atoms. The Morgan fingerprint density at radius 3 is 2.23 bits per heavy atom. The maximum absolute atomic E-state index is 5.28. The maximum Gasteiger partial charge on any atom is 0.244 e. The van der Waals surface area contributed by atoms with Crippen molar-refractivity contribution in [3.05, 3.63) is 0 Å². The van der Waals surface area contributed by atoms with Gasteiger partial charge in [-0.1, -0.05) is 33.6 Å². The summed E-state index contributed by atoms with van der Waals surface area (Å²) in [5.74, 6) is 3.71. The highest BCUT2D eigenvalue weighted by molar-refractivity contribution is 6.48. The molecule has 1 unspecified atom stereocenters. The Bertz CT molecular complexity index is 192. The molecule has 0 saturated carbocycles. The van der Waals surface area contributed by atoms with Crippen LogP contribution >= 0.6 is 0 Å². The van der Waals surface area contributed by atoms with E-state index in [4.69, 9.17) is 4.43 Å². The fraction of sp³-hybridized carbons (Fsp3) is 0.818. The van der Waals surface area contributed by atoms with E-state index in [1.54, 1.807) is 0 Å². The maximum atomic E-state index is 5.28. The molecule has 0 rings (SSSR count). The molecule has 0 aromatic heterocycles. The predicted octanol–water partition coefficient (Wildman–Crippen LogP) is 3.02. The van der Waals surface area contributed by atoms with Crippen LogP contribution in [0.5, 0.6) is 0 Å². The van der Waals surface area contributed by atoms with Crippen LogP contribution in [0.2, 0.25) is 13.1 Å². The van der Waals surface area contributed by atoms with Gasteiger partial charge in [0, 0.05) is 6.42 Å². The minimum absolute atomic E-state index is 0.351. The van der Waals surface area contributed by atoms with Crippen LogP contribution in [-0.4, -0.2) is 9.04 Å². The zero-order valence-electron chi connectivity index (χ0n) is 9.77. The SMILES string of the molecule is CC(CC#CO[SiH](C)C)C(C)(C)C. The van der Waals surface area contributed by atoms with Crippen molar-refractivity contribution in [2.45, 2.75) is 47.2 Å². The third-order valence-electron chi connectivity index (χ3n) is 2.25. The van der Waals surface area contributed by atoms with Gasteiger partial charge in [-0.15, -0.1) is 0 Å². The zero-order chi connectivity index (χ0) is 10.5. The van der Waals surface area contributed by atoms with Gasteiger partial charge in [0.15, 0.2) is 0 Å². The van der Waals surface area contributed by atoms with E-state index < -0.39 is 9.04 Å². The smallest absolute Gasteiger partial charge is 0.244 e. The highest BCUT2D eigenvalue weighted by Crippen LogP contribution is 2.27. The van der Waals surface area contributed by atoms with E-state index in [2.05, 4.69) is 52.8 Å². The fourth-order valence-electron chi connectivity index (χ4n) is 0.660. The summed E-state index contributed by atoms with van der Waals surface area (Å²) >= 11 is 0. The molecule has 0 heterocycles. The van der Waals surface area contributed by atoms with E-state index in [0.29, 0.717) is 11.3 Å². The van der Waals surface area contributed by atoms with Crippen molar-refractivity contribution in [3.8, 4) is 12.0 Å². The lowest BCUT2D eigenvalue weighted by Crippen LogP contribution is -2.16. The molecule has 1 atom stereocenters. The summed E-state index contributed by atoms with van der Waals surface area (Å²) in [6, 6.07) is 0. The van der Waals surface area contributed by atoms with E-state index in [1.165, 1.54) is 0 Å². The van der Waals surface area contributed by atoms with Gasteiger partial charge in [-0.25, -0.2) is 0 Å². The van der Waals surface area contributed by atoms with Gasteiger partial charge in [0.05, 0.1) is 6.11 Å². The van der Waals surface area contributed by atoms with Gasteiger partial charge in [-0.3, -0.25) is 0 Å². The van der Waals surface area contributed by atoms with Gasteiger partial charge in [-0.2, -0.15) is 0 Å². The molecule has 0 radical (unpaired) electrons. The van der Waals surface area contributed by atoms with E-state index in [9.17, 15) is 0 Å². The predicted molar refractivity (Wildman–Crippen MR) is 61.0 cm³/mol. The van der Waals surface area contributed by atoms with E-state index in [1.807, 2.05) is 0 Å². The van der Waals surface area contributed by atoms with Crippen LogP contribution in [0.3, 0.4) is 0 Å². The Morgan fingerprint density at radius 2 is 1.85 bits per heavy atom. The monoisotopic (exact) mass is 198 g/mol. The quantitative estimate of drug-likeness (QED) is 0.489. The first kappa shape index (κ1) is 12.6. The zero-order valence-corrected chi connectivity index (χ0v) is 10.9. The third-order valence-corrected chi connectivity index (χ3v) is 2.84. The Hall–Kier alpha value is -0.423.